The highest BCUT2D eigenvalue weighted by Crippen LogP contribution is 2.20. The molecule has 0 saturated carbocycles. The van der Waals surface area contributed by atoms with E-state index in [-0.39, 0.29) is 19.1 Å². The average Bonchev–Trinajstić information content (AvgIpc) is 2.15. The summed E-state index contributed by atoms with van der Waals surface area (Å²) in [6.45, 7) is 1.83. The SMILES string of the molecule is CC1(O)CCCN(C(=O)COCC(=O)O)C1. The minimum atomic E-state index is -1.10. The van der Waals surface area contributed by atoms with E-state index in [9.17, 15) is 14.7 Å². The minimum absolute atomic E-state index is 0.248. The van der Waals surface area contributed by atoms with Crippen LogP contribution in [0.3, 0.4) is 0 Å². The van der Waals surface area contributed by atoms with Crippen LogP contribution in [0.1, 0.15) is 19.8 Å². The van der Waals surface area contributed by atoms with Gasteiger partial charge in [0, 0.05) is 13.1 Å². The Morgan fingerprint density at radius 3 is 2.69 bits per heavy atom. The van der Waals surface area contributed by atoms with Gasteiger partial charge in [-0.3, -0.25) is 4.79 Å². The third-order valence-electron chi connectivity index (χ3n) is 2.48. The fourth-order valence-electron chi connectivity index (χ4n) is 1.75. The van der Waals surface area contributed by atoms with Crippen molar-refractivity contribution in [2.24, 2.45) is 0 Å². The highest BCUT2D eigenvalue weighted by atomic mass is 16.5. The summed E-state index contributed by atoms with van der Waals surface area (Å²) in [5.41, 5.74) is -0.847. The zero-order valence-electron chi connectivity index (χ0n) is 9.31. The van der Waals surface area contributed by atoms with E-state index in [1.165, 1.54) is 4.90 Å². The number of rotatable bonds is 4. The van der Waals surface area contributed by atoms with Gasteiger partial charge in [-0.15, -0.1) is 0 Å². The fraction of sp³-hybridized carbons (Fsp3) is 0.800. The van der Waals surface area contributed by atoms with Crippen molar-refractivity contribution in [2.45, 2.75) is 25.4 Å². The van der Waals surface area contributed by atoms with Crippen LogP contribution in [0.2, 0.25) is 0 Å². The molecule has 0 radical (unpaired) electrons. The largest absolute Gasteiger partial charge is 0.480 e. The number of amides is 1. The molecule has 92 valence electrons. The van der Waals surface area contributed by atoms with Crippen molar-refractivity contribution < 1.29 is 24.5 Å². The molecular weight excluding hydrogens is 214 g/mol. The first kappa shape index (κ1) is 12.9. The Bertz CT molecular complexity index is 276. The molecule has 1 unspecified atom stereocenters. The van der Waals surface area contributed by atoms with Crippen LogP contribution in [0.15, 0.2) is 0 Å². The molecule has 0 aromatic carbocycles. The van der Waals surface area contributed by atoms with Crippen molar-refractivity contribution in [1.82, 2.24) is 4.90 Å². The molecule has 1 aliphatic heterocycles. The third-order valence-corrected chi connectivity index (χ3v) is 2.48. The number of carboxylic acid groups (broad SMARTS) is 1. The topological polar surface area (TPSA) is 87.1 Å². The van der Waals surface area contributed by atoms with Crippen molar-refractivity contribution in [3.63, 3.8) is 0 Å². The zero-order valence-corrected chi connectivity index (χ0v) is 9.31. The standard InChI is InChI=1S/C10H17NO5/c1-10(15)3-2-4-11(7-10)8(12)5-16-6-9(13)14/h15H,2-7H2,1H3,(H,13,14). The highest BCUT2D eigenvalue weighted by molar-refractivity contribution is 5.78. The smallest absolute Gasteiger partial charge is 0.329 e. The Hall–Kier alpha value is -1.14. The summed E-state index contributed by atoms with van der Waals surface area (Å²) < 4.78 is 4.71. The van der Waals surface area contributed by atoms with Crippen LogP contribution in [0.25, 0.3) is 0 Å². The predicted molar refractivity (Wildman–Crippen MR) is 54.9 cm³/mol. The third kappa shape index (κ3) is 4.16. The van der Waals surface area contributed by atoms with E-state index in [4.69, 9.17) is 9.84 Å². The van der Waals surface area contributed by atoms with Crippen molar-refractivity contribution >= 4 is 11.9 Å². The minimum Gasteiger partial charge on any atom is -0.480 e. The summed E-state index contributed by atoms with van der Waals surface area (Å²) in [5.74, 6) is -1.38. The van der Waals surface area contributed by atoms with Gasteiger partial charge in [-0.25, -0.2) is 4.79 Å². The number of hydrogen-bond donors (Lipinski definition) is 2. The Labute approximate surface area is 93.8 Å². The number of likely N-dealkylation sites (tertiary alicyclic amines) is 1. The van der Waals surface area contributed by atoms with E-state index < -0.39 is 18.2 Å². The molecule has 0 bridgehead atoms. The number of carbonyl (C=O) groups is 2. The molecule has 6 heteroatoms. The Morgan fingerprint density at radius 1 is 1.44 bits per heavy atom. The maximum Gasteiger partial charge on any atom is 0.329 e. The van der Waals surface area contributed by atoms with Gasteiger partial charge in [0.25, 0.3) is 0 Å². The van der Waals surface area contributed by atoms with Crippen LogP contribution < -0.4 is 0 Å². The lowest BCUT2D eigenvalue weighted by Gasteiger charge is -2.36. The molecule has 1 rings (SSSR count). The molecule has 0 aliphatic carbocycles. The molecule has 1 fully saturated rings. The molecule has 0 aromatic heterocycles. The summed E-state index contributed by atoms with van der Waals surface area (Å²) in [6.07, 6.45) is 1.42. The van der Waals surface area contributed by atoms with Crippen molar-refractivity contribution in [1.29, 1.82) is 0 Å². The molecule has 1 atom stereocenters. The molecule has 0 spiro atoms. The maximum absolute atomic E-state index is 11.6. The van der Waals surface area contributed by atoms with Crippen molar-refractivity contribution in [3.05, 3.63) is 0 Å². The van der Waals surface area contributed by atoms with Crippen molar-refractivity contribution in [3.8, 4) is 0 Å². The number of piperidine rings is 1. The van der Waals surface area contributed by atoms with Crippen LogP contribution >= 0.6 is 0 Å². The van der Waals surface area contributed by atoms with Crippen LogP contribution in [0.5, 0.6) is 0 Å². The van der Waals surface area contributed by atoms with E-state index in [1.807, 2.05) is 0 Å². The van der Waals surface area contributed by atoms with Gasteiger partial charge in [-0.2, -0.15) is 0 Å². The Morgan fingerprint density at radius 2 is 2.12 bits per heavy atom. The highest BCUT2D eigenvalue weighted by Gasteiger charge is 2.30. The summed E-state index contributed by atoms with van der Waals surface area (Å²) in [6, 6.07) is 0. The van der Waals surface area contributed by atoms with Gasteiger partial charge in [0.2, 0.25) is 5.91 Å². The molecule has 2 N–H and O–H groups in total. The van der Waals surface area contributed by atoms with E-state index >= 15 is 0 Å². The first-order chi connectivity index (χ1) is 7.41. The van der Waals surface area contributed by atoms with Crippen LogP contribution in [-0.4, -0.2) is 58.9 Å². The van der Waals surface area contributed by atoms with E-state index in [1.54, 1.807) is 6.92 Å². The number of nitrogens with zero attached hydrogens (tertiary/aromatic N) is 1. The molecule has 0 aromatic rings. The number of carboxylic acids is 1. The van der Waals surface area contributed by atoms with Gasteiger partial charge < -0.3 is 19.8 Å². The summed E-state index contributed by atoms with van der Waals surface area (Å²) in [7, 11) is 0. The second-order valence-corrected chi connectivity index (χ2v) is 4.30. The monoisotopic (exact) mass is 231 g/mol. The number of hydrogen-bond acceptors (Lipinski definition) is 4. The fourth-order valence-corrected chi connectivity index (χ4v) is 1.75. The van der Waals surface area contributed by atoms with Gasteiger partial charge in [0.15, 0.2) is 0 Å². The number of aliphatic hydroxyl groups is 1. The van der Waals surface area contributed by atoms with Crippen molar-refractivity contribution in [2.75, 3.05) is 26.3 Å². The summed E-state index contributed by atoms with van der Waals surface area (Å²) in [4.78, 5) is 23.2. The molecule has 1 heterocycles. The second-order valence-electron chi connectivity index (χ2n) is 4.30. The lowest BCUT2D eigenvalue weighted by molar-refractivity contribution is -0.148. The number of aliphatic carboxylic acids is 1. The predicted octanol–water partition coefficient (Wildman–Crippen LogP) is -0.539. The molecule has 16 heavy (non-hydrogen) atoms. The Balaban J connectivity index is 2.33. The maximum atomic E-state index is 11.6. The molecule has 6 nitrogen and oxygen atoms in total. The van der Waals surface area contributed by atoms with Gasteiger partial charge in [0.1, 0.15) is 13.2 Å². The molecule has 1 saturated heterocycles. The summed E-state index contributed by atoms with van der Waals surface area (Å²) in [5, 5.41) is 18.1. The van der Waals surface area contributed by atoms with Gasteiger partial charge >= 0.3 is 5.97 Å². The quantitative estimate of drug-likeness (QED) is 0.678. The molecular formula is C10H17NO5. The van der Waals surface area contributed by atoms with Gasteiger partial charge in [-0.1, -0.05) is 0 Å². The molecule has 1 aliphatic rings. The van der Waals surface area contributed by atoms with Crippen LogP contribution in [0.4, 0.5) is 0 Å². The second kappa shape index (κ2) is 5.27. The first-order valence-electron chi connectivity index (χ1n) is 5.20. The number of carbonyl (C=O) groups excluding carboxylic acids is 1. The molecule has 1 amide bonds. The lowest BCUT2D eigenvalue weighted by atomic mass is 9.95. The zero-order chi connectivity index (χ0) is 12.2. The van der Waals surface area contributed by atoms with Crippen LogP contribution in [0, 0.1) is 0 Å². The lowest BCUT2D eigenvalue weighted by Crippen LogP contribution is -2.49. The Kier molecular flexibility index (Phi) is 4.26. The van der Waals surface area contributed by atoms with Gasteiger partial charge in [0.05, 0.1) is 5.60 Å². The van der Waals surface area contributed by atoms with Gasteiger partial charge in [-0.05, 0) is 19.8 Å². The average molecular weight is 231 g/mol. The summed E-state index contributed by atoms with van der Waals surface area (Å²) >= 11 is 0. The number of ether oxygens (including phenoxy) is 1. The normalized spacial score (nSPS) is 25.5. The number of β-amino-alcohol motifs (C(OH)–C–C–N with tert-alkyl or cyclic N) is 1. The van der Waals surface area contributed by atoms with E-state index in [0.29, 0.717) is 13.0 Å². The first-order valence-corrected chi connectivity index (χ1v) is 5.20. The van der Waals surface area contributed by atoms with E-state index in [0.717, 1.165) is 6.42 Å². The van der Waals surface area contributed by atoms with Crippen LogP contribution in [-0.2, 0) is 14.3 Å². The van der Waals surface area contributed by atoms with E-state index in [2.05, 4.69) is 0 Å².